The molecule has 1 amide bonds. The molecule has 1 saturated heterocycles. The van der Waals surface area contributed by atoms with E-state index in [2.05, 4.69) is 5.32 Å². The molecule has 2 aliphatic rings. The van der Waals surface area contributed by atoms with Crippen LogP contribution in [0.5, 0.6) is 0 Å². The van der Waals surface area contributed by atoms with Crippen LogP contribution < -0.4 is 5.32 Å². The molecule has 0 atom stereocenters. The fourth-order valence-corrected chi connectivity index (χ4v) is 2.02. The van der Waals surface area contributed by atoms with Gasteiger partial charge in [0.15, 0.2) is 0 Å². The van der Waals surface area contributed by atoms with Crippen LogP contribution in [-0.4, -0.2) is 36.4 Å². The molecule has 2 rings (SSSR count). The van der Waals surface area contributed by atoms with Gasteiger partial charge in [-0.05, 0) is 31.6 Å². The zero-order valence-electron chi connectivity index (χ0n) is 9.00. The van der Waals surface area contributed by atoms with Crippen molar-refractivity contribution in [2.24, 2.45) is 5.92 Å². The van der Waals surface area contributed by atoms with Crippen LogP contribution in [0.15, 0.2) is 0 Å². The number of carbonyl (C=O) groups is 1. The molecule has 2 N–H and O–H groups in total. The lowest BCUT2D eigenvalue weighted by Gasteiger charge is -2.36. The van der Waals surface area contributed by atoms with E-state index in [1.807, 2.05) is 0 Å². The van der Waals surface area contributed by atoms with E-state index in [4.69, 9.17) is 4.74 Å². The van der Waals surface area contributed by atoms with E-state index in [-0.39, 0.29) is 12.5 Å². The van der Waals surface area contributed by atoms with Crippen molar-refractivity contribution < 1.29 is 14.6 Å². The first-order chi connectivity index (χ1) is 7.24. The highest BCUT2D eigenvalue weighted by Gasteiger charge is 2.34. The third-order valence-corrected chi connectivity index (χ3v) is 3.33. The van der Waals surface area contributed by atoms with Crippen molar-refractivity contribution in [1.29, 1.82) is 0 Å². The van der Waals surface area contributed by atoms with Gasteiger partial charge in [-0.3, -0.25) is 4.79 Å². The molecule has 1 saturated carbocycles. The number of aliphatic hydroxyl groups is 1. The van der Waals surface area contributed by atoms with E-state index in [9.17, 15) is 9.90 Å². The first-order valence-corrected chi connectivity index (χ1v) is 5.74. The minimum Gasteiger partial charge on any atom is -0.394 e. The lowest BCUT2D eigenvalue weighted by Crippen LogP contribution is -2.54. The van der Waals surface area contributed by atoms with Crippen LogP contribution in [0, 0.1) is 5.92 Å². The van der Waals surface area contributed by atoms with Gasteiger partial charge in [-0.1, -0.05) is 0 Å². The van der Waals surface area contributed by atoms with Crippen molar-refractivity contribution in [3.63, 3.8) is 0 Å². The Morgan fingerprint density at radius 1 is 1.40 bits per heavy atom. The minimum atomic E-state index is -0.412. The van der Waals surface area contributed by atoms with Crippen LogP contribution in [-0.2, 0) is 9.53 Å². The fraction of sp³-hybridized carbons (Fsp3) is 0.909. The summed E-state index contributed by atoms with van der Waals surface area (Å²) in [5.41, 5.74) is -0.412. The molecule has 0 unspecified atom stereocenters. The topological polar surface area (TPSA) is 58.6 Å². The second kappa shape index (κ2) is 4.49. The summed E-state index contributed by atoms with van der Waals surface area (Å²) in [7, 11) is 0. The van der Waals surface area contributed by atoms with Gasteiger partial charge >= 0.3 is 0 Å². The van der Waals surface area contributed by atoms with Gasteiger partial charge < -0.3 is 15.2 Å². The van der Waals surface area contributed by atoms with E-state index in [1.165, 1.54) is 12.8 Å². The molecule has 4 nitrogen and oxygen atoms in total. The van der Waals surface area contributed by atoms with Gasteiger partial charge in [0.1, 0.15) is 0 Å². The van der Waals surface area contributed by atoms with E-state index < -0.39 is 5.54 Å². The molecule has 0 bridgehead atoms. The summed E-state index contributed by atoms with van der Waals surface area (Å²) in [4.78, 5) is 11.7. The first-order valence-electron chi connectivity index (χ1n) is 5.74. The maximum atomic E-state index is 11.7. The molecule has 0 aromatic rings. The SMILES string of the molecule is O=C(CC1CC1)NC1(CO)CCOCC1. The molecule has 86 valence electrons. The molecule has 2 fully saturated rings. The van der Waals surface area contributed by atoms with E-state index in [0.29, 0.717) is 25.6 Å². The maximum Gasteiger partial charge on any atom is 0.220 e. The van der Waals surface area contributed by atoms with Crippen molar-refractivity contribution in [2.45, 2.75) is 37.6 Å². The van der Waals surface area contributed by atoms with Crippen molar-refractivity contribution in [2.75, 3.05) is 19.8 Å². The molecule has 15 heavy (non-hydrogen) atoms. The molecule has 1 heterocycles. The average Bonchev–Trinajstić information content (AvgIpc) is 3.03. The third-order valence-electron chi connectivity index (χ3n) is 3.33. The van der Waals surface area contributed by atoms with Gasteiger partial charge in [0.25, 0.3) is 0 Å². The number of hydrogen-bond donors (Lipinski definition) is 2. The van der Waals surface area contributed by atoms with Crippen LogP contribution in [0.3, 0.4) is 0 Å². The second-order valence-electron chi connectivity index (χ2n) is 4.75. The van der Waals surface area contributed by atoms with E-state index >= 15 is 0 Å². The van der Waals surface area contributed by atoms with Crippen molar-refractivity contribution >= 4 is 5.91 Å². The summed E-state index contributed by atoms with van der Waals surface area (Å²) in [5, 5.41) is 12.4. The van der Waals surface area contributed by atoms with Gasteiger partial charge in [0.05, 0.1) is 12.1 Å². The fourth-order valence-electron chi connectivity index (χ4n) is 2.02. The highest BCUT2D eigenvalue weighted by atomic mass is 16.5. The molecule has 1 aliphatic heterocycles. The highest BCUT2D eigenvalue weighted by Crippen LogP contribution is 2.32. The zero-order valence-corrected chi connectivity index (χ0v) is 9.00. The maximum absolute atomic E-state index is 11.7. The lowest BCUT2D eigenvalue weighted by atomic mass is 9.90. The Hall–Kier alpha value is -0.610. The number of aliphatic hydroxyl groups excluding tert-OH is 1. The summed E-state index contributed by atoms with van der Waals surface area (Å²) in [6.07, 6.45) is 4.44. The normalized spacial score (nSPS) is 24.9. The van der Waals surface area contributed by atoms with Crippen LogP contribution in [0.2, 0.25) is 0 Å². The monoisotopic (exact) mass is 213 g/mol. The van der Waals surface area contributed by atoms with Crippen LogP contribution in [0.25, 0.3) is 0 Å². The summed E-state index contributed by atoms with van der Waals surface area (Å²) in [6, 6.07) is 0. The predicted molar refractivity (Wildman–Crippen MR) is 55.4 cm³/mol. The van der Waals surface area contributed by atoms with Gasteiger partial charge in [-0.15, -0.1) is 0 Å². The molecule has 4 heteroatoms. The number of nitrogens with one attached hydrogen (secondary N) is 1. The lowest BCUT2D eigenvalue weighted by molar-refractivity contribution is -0.125. The van der Waals surface area contributed by atoms with Gasteiger partial charge in [0, 0.05) is 19.6 Å². The second-order valence-corrected chi connectivity index (χ2v) is 4.75. The third kappa shape index (κ3) is 2.92. The molecule has 0 aromatic carbocycles. The molecular formula is C11H19NO3. The number of rotatable bonds is 4. The smallest absolute Gasteiger partial charge is 0.220 e. The number of hydrogen-bond acceptors (Lipinski definition) is 3. The summed E-state index contributed by atoms with van der Waals surface area (Å²) >= 11 is 0. The van der Waals surface area contributed by atoms with Crippen molar-refractivity contribution in [3.8, 4) is 0 Å². The number of amides is 1. The van der Waals surface area contributed by atoms with Crippen LogP contribution >= 0.6 is 0 Å². The Labute approximate surface area is 90.0 Å². The largest absolute Gasteiger partial charge is 0.394 e. The minimum absolute atomic E-state index is 0.0206. The molecule has 1 aliphatic carbocycles. The zero-order chi connectivity index (χ0) is 10.7. The average molecular weight is 213 g/mol. The quantitative estimate of drug-likeness (QED) is 0.712. The van der Waals surface area contributed by atoms with Gasteiger partial charge in [0.2, 0.25) is 5.91 Å². The Morgan fingerprint density at radius 3 is 2.60 bits per heavy atom. The van der Waals surface area contributed by atoms with Crippen molar-refractivity contribution in [3.05, 3.63) is 0 Å². The van der Waals surface area contributed by atoms with Crippen molar-refractivity contribution in [1.82, 2.24) is 5.32 Å². The summed E-state index contributed by atoms with van der Waals surface area (Å²) in [5.74, 6) is 0.689. The summed E-state index contributed by atoms with van der Waals surface area (Å²) in [6.45, 7) is 1.28. The Kier molecular flexibility index (Phi) is 3.26. The van der Waals surface area contributed by atoms with E-state index in [0.717, 1.165) is 12.8 Å². The molecule has 0 radical (unpaired) electrons. The predicted octanol–water partition coefficient (Wildman–Crippen LogP) is 0.444. The highest BCUT2D eigenvalue weighted by molar-refractivity contribution is 5.77. The summed E-state index contributed by atoms with van der Waals surface area (Å²) < 4.78 is 5.24. The molecular weight excluding hydrogens is 194 g/mol. The Morgan fingerprint density at radius 2 is 2.07 bits per heavy atom. The first kappa shape index (κ1) is 10.9. The molecule has 0 spiro atoms. The molecule has 0 aromatic heterocycles. The van der Waals surface area contributed by atoms with Gasteiger partial charge in [-0.25, -0.2) is 0 Å². The van der Waals surface area contributed by atoms with E-state index in [1.54, 1.807) is 0 Å². The standard InChI is InChI=1S/C11H19NO3/c13-8-11(3-5-15-6-4-11)12-10(14)7-9-1-2-9/h9,13H,1-8H2,(H,12,14). The number of ether oxygens (including phenoxy) is 1. The van der Waals surface area contributed by atoms with Gasteiger partial charge in [-0.2, -0.15) is 0 Å². The Balaban J connectivity index is 1.84. The van der Waals surface area contributed by atoms with Crippen LogP contribution in [0.4, 0.5) is 0 Å². The van der Waals surface area contributed by atoms with Crippen LogP contribution in [0.1, 0.15) is 32.1 Å². The Bertz CT molecular complexity index is 232. The number of carbonyl (C=O) groups excluding carboxylic acids is 1.